The molecule has 2 aliphatic heterocycles. The summed E-state index contributed by atoms with van der Waals surface area (Å²) in [7, 11) is 0. The second kappa shape index (κ2) is 8.63. The first-order valence-corrected chi connectivity index (χ1v) is 9.28. The van der Waals surface area contributed by atoms with Gasteiger partial charge in [0.15, 0.2) is 5.96 Å². The number of hydrogen-bond donors (Lipinski definition) is 2. The summed E-state index contributed by atoms with van der Waals surface area (Å²) in [6, 6.07) is 5.89. The van der Waals surface area contributed by atoms with Crippen LogP contribution in [-0.2, 0) is 11.3 Å². The lowest BCUT2D eigenvalue weighted by molar-refractivity contribution is -0.0453. The summed E-state index contributed by atoms with van der Waals surface area (Å²) in [5.41, 5.74) is 1.53. The van der Waals surface area contributed by atoms with Crippen LogP contribution in [0.1, 0.15) is 30.9 Å². The zero-order valence-electron chi connectivity index (χ0n) is 15.2. The topological polar surface area (TPSA) is 48.9 Å². The van der Waals surface area contributed by atoms with E-state index in [-0.39, 0.29) is 11.9 Å². The molecular weight excluding hydrogens is 319 g/mol. The smallest absolute Gasteiger partial charge is 0.191 e. The fourth-order valence-electron chi connectivity index (χ4n) is 3.47. The highest BCUT2D eigenvalue weighted by Crippen LogP contribution is 2.22. The van der Waals surface area contributed by atoms with Crippen molar-refractivity contribution in [3.8, 4) is 0 Å². The molecule has 0 bridgehead atoms. The molecule has 138 valence electrons. The Balaban J connectivity index is 1.52. The fourth-order valence-corrected chi connectivity index (χ4v) is 3.47. The van der Waals surface area contributed by atoms with Gasteiger partial charge >= 0.3 is 0 Å². The summed E-state index contributed by atoms with van der Waals surface area (Å²) in [5.74, 6) is 0.567. The number of benzene rings is 1. The molecular formula is C19H29FN4O. The van der Waals surface area contributed by atoms with Gasteiger partial charge in [0.25, 0.3) is 0 Å². The number of halogens is 1. The van der Waals surface area contributed by atoms with Gasteiger partial charge in [0, 0.05) is 25.7 Å². The molecule has 0 amide bonds. The SMILES string of the molecule is CCNC(=NCc1ccc(C)c(F)c1)NCC1CN2CCCC2CO1. The van der Waals surface area contributed by atoms with Gasteiger partial charge in [-0.25, -0.2) is 9.38 Å². The second-order valence-electron chi connectivity index (χ2n) is 6.91. The zero-order valence-corrected chi connectivity index (χ0v) is 15.2. The van der Waals surface area contributed by atoms with Gasteiger partial charge in [-0.15, -0.1) is 0 Å². The second-order valence-corrected chi connectivity index (χ2v) is 6.91. The number of nitrogens with zero attached hydrogens (tertiary/aromatic N) is 2. The van der Waals surface area contributed by atoms with Crippen LogP contribution in [0.4, 0.5) is 4.39 Å². The van der Waals surface area contributed by atoms with Crippen LogP contribution in [0, 0.1) is 12.7 Å². The van der Waals surface area contributed by atoms with E-state index < -0.39 is 0 Å². The average Bonchev–Trinajstić information content (AvgIpc) is 3.08. The van der Waals surface area contributed by atoms with Crippen LogP contribution in [0.25, 0.3) is 0 Å². The number of morpholine rings is 1. The lowest BCUT2D eigenvalue weighted by Gasteiger charge is -2.35. The molecule has 6 heteroatoms. The Bertz CT molecular complexity index is 607. The molecule has 2 aliphatic rings. The van der Waals surface area contributed by atoms with Gasteiger partial charge < -0.3 is 15.4 Å². The third-order valence-corrected chi connectivity index (χ3v) is 4.96. The number of fused-ring (bicyclic) bond motifs is 1. The molecule has 25 heavy (non-hydrogen) atoms. The first kappa shape index (κ1) is 18.1. The average molecular weight is 348 g/mol. The molecule has 2 saturated heterocycles. The first-order chi connectivity index (χ1) is 12.2. The molecule has 0 radical (unpaired) electrons. The zero-order chi connectivity index (χ0) is 17.6. The lowest BCUT2D eigenvalue weighted by atomic mass is 10.1. The summed E-state index contributed by atoms with van der Waals surface area (Å²) < 4.78 is 19.6. The van der Waals surface area contributed by atoms with Crippen LogP contribution in [0.3, 0.4) is 0 Å². The third-order valence-electron chi connectivity index (χ3n) is 4.96. The number of hydrogen-bond acceptors (Lipinski definition) is 3. The van der Waals surface area contributed by atoms with Gasteiger partial charge in [0.1, 0.15) is 5.82 Å². The van der Waals surface area contributed by atoms with Crippen LogP contribution in [0.2, 0.25) is 0 Å². The molecule has 0 aliphatic carbocycles. The van der Waals surface area contributed by atoms with E-state index in [2.05, 4.69) is 20.5 Å². The molecule has 2 fully saturated rings. The Morgan fingerprint density at radius 2 is 2.28 bits per heavy atom. The minimum Gasteiger partial charge on any atom is -0.373 e. The number of rotatable bonds is 5. The Kier molecular flexibility index (Phi) is 6.26. The van der Waals surface area contributed by atoms with Crippen LogP contribution in [0.5, 0.6) is 0 Å². The predicted octanol–water partition coefficient (Wildman–Crippen LogP) is 2.05. The van der Waals surface area contributed by atoms with Crippen molar-refractivity contribution in [1.29, 1.82) is 0 Å². The van der Waals surface area contributed by atoms with Crippen molar-refractivity contribution in [1.82, 2.24) is 15.5 Å². The number of guanidine groups is 1. The fraction of sp³-hybridized carbons (Fsp3) is 0.632. The van der Waals surface area contributed by atoms with Gasteiger partial charge in [0.2, 0.25) is 0 Å². The highest BCUT2D eigenvalue weighted by Gasteiger charge is 2.32. The van der Waals surface area contributed by atoms with E-state index in [1.165, 1.54) is 19.4 Å². The largest absolute Gasteiger partial charge is 0.373 e. The number of nitrogens with one attached hydrogen (secondary N) is 2. The predicted molar refractivity (Wildman–Crippen MR) is 98.3 cm³/mol. The number of aryl methyl sites for hydroxylation is 1. The standard InChI is InChI=1S/C19H29FN4O/c1-3-21-19(22-10-15-7-6-14(2)18(20)9-15)23-11-17-12-24-8-4-5-16(24)13-25-17/h6-7,9,16-17H,3-5,8,10-13H2,1-2H3,(H2,21,22,23). The summed E-state index contributed by atoms with van der Waals surface area (Å²) in [5, 5.41) is 6.60. The quantitative estimate of drug-likeness (QED) is 0.632. The van der Waals surface area contributed by atoms with E-state index in [4.69, 9.17) is 4.74 Å². The van der Waals surface area contributed by atoms with Crippen LogP contribution >= 0.6 is 0 Å². The van der Waals surface area contributed by atoms with E-state index in [9.17, 15) is 4.39 Å². The van der Waals surface area contributed by atoms with Gasteiger partial charge in [-0.3, -0.25) is 4.90 Å². The molecule has 2 unspecified atom stereocenters. The molecule has 0 aromatic heterocycles. The lowest BCUT2D eigenvalue weighted by Crippen LogP contribution is -2.51. The van der Waals surface area contributed by atoms with Crippen molar-refractivity contribution in [2.45, 2.75) is 45.4 Å². The maximum atomic E-state index is 13.6. The summed E-state index contributed by atoms with van der Waals surface area (Å²) >= 11 is 0. The summed E-state index contributed by atoms with van der Waals surface area (Å²) in [4.78, 5) is 7.10. The maximum absolute atomic E-state index is 13.6. The summed E-state index contributed by atoms with van der Waals surface area (Å²) in [6.45, 7) is 8.79. The molecule has 0 saturated carbocycles. The minimum atomic E-state index is -0.179. The van der Waals surface area contributed by atoms with E-state index >= 15 is 0 Å². The minimum absolute atomic E-state index is 0.179. The summed E-state index contributed by atoms with van der Waals surface area (Å²) in [6.07, 6.45) is 2.73. The molecule has 1 aromatic rings. The van der Waals surface area contributed by atoms with Crippen LogP contribution in [-0.4, -0.2) is 55.8 Å². The van der Waals surface area contributed by atoms with Gasteiger partial charge in [-0.2, -0.15) is 0 Å². The van der Waals surface area contributed by atoms with Crippen molar-refractivity contribution < 1.29 is 9.13 Å². The Morgan fingerprint density at radius 1 is 1.40 bits per heavy atom. The van der Waals surface area contributed by atoms with Crippen LogP contribution in [0.15, 0.2) is 23.2 Å². The van der Waals surface area contributed by atoms with Gasteiger partial charge in [-0.05, 0) is 50.4 Å². The molecule has 1 aromatic carbocycles. The number of aliphatic imine (C=N–C) groups is 1. The Labute approximate surface area is 149 Å². The molecule has 5 nitrogen and oxygen atoms in total. The van der Waals surface area contributed by atoms with Crippen LogP contribution < -0.4 is 10.6 Å². The maximum Gasteiger partial charge on any atom is 0.191 e. The van der Waals surface area contributed by atoms with E-state index in [0.29, 0.717) is 18.2 Å². The molecule has 2 N–H and O–H groups in total. The van der Waals surface area contributed by atoms with E-state index in [0.717, 1.165) is 37.8 Å². The third kappa shape index (κ3) is 4.92. The number of ether oxygens (including phenoxy) is 1. The Morgan fingerprint density at radius 3 is 3.08 bits per heavy atom. The van der Waals surface area contributed by atoms with Crippen molar-refractivity contribution in [3.05, 3.63) is 35.1 Å². The molecule has 2 atom stereocenters. The molecule has 0 spiro atoms. The van der Waals surface area contributed by atoms with Gasteiger partial charge in [-0.1, -0.05) is 12.1 Å². The molecule has 2 heterocycles. The Hall–Kier alpha value is -1.66. The van der Waals surface area contributed by atoms with E-state index in [1.807, 2.05) is 13.0 Å². The van der Waals surface area contributed by atoms with Crippen molar-refractivity contribution in [2.24, 2.45) is 4.99 Å². The van der Waals surface area contributed by atoms with Crippen molar-refractivity contribution in [2.75, 3.05) is 32.8 Å². The first-order valence-electron chi connectivity index (χ1n) is 9.28. The molecule has 3 rings (SSSR count). The normalized spacial score (nSPS) is 24.2. The highest BCUT2D eigenvalue weighted by atomic mass is 19.1. The van der Waals surface area contributed by atoms with Gasteiger partial charge in [0.05, 0.1) is 19.3 Å². The van der Waals surface area contributed by atoms with Crippen molar-refractivity contribution in [3.63, 3.8) is 0 Å². The van der Waals surface area contributed by atoms with E-state index in [1.54, 1.807) is 19.1 Å². The van der Waals surface area contributed by atoms with Crippen molar-refractivity contribution >= 4 is 5.96 Å². The monoisotopic (exact) mass is 348 g/mol. The highest BCUT2D eigenvalue weighted by molar-refractivity contribution is 5.79.